The van der Waals surface area contributed by atoms with Crippen LogP contribution in [-0.4, -0.2) is 84.3 Å². The molecule has 1 unspecified atom stereocenters. The Hall–Kier alpha value is -1.07. The Kier molecular flexibility index (Phi) is 5.21. The van der Waals surface area contributed by atoms with Crippen molar-refractivity contribution in [1.29, 1.82) is 0 Å². The van der Waals surface area contributed by atoms with Gasteiger partial charge in [-0.3, -0.25) is 9.59 Å². The van der Waals surface area contributed by atoms with Gasteiger partial charge in [0, 0.05) is 0 Å². The molecule has 1 saturated heterocycles. The highest BCUT2D eigenvalue weighted by molar-refractivity contribution is 7.50. The smallest absolute Gasteiger partial charge is 0.432 e. The molecule has 1 fully saturated rings. The lowest BCUT2D eigenvalue weighted by molar-refractivity contribution is -0.149. The zero-order valence-corrected chi connectivity index (χ0v) is 10.8. The third kappa shape index (κ3) is 3.52. The maximum Gasteiger partial charge on any atom is 0.432 e. The molecule has 4 atom stereocenters. The molecule has 0 radical (unpaired) electrons. The molecule has 0 saturated carbocycles. The van der Waals surface area contributed by atoms with Gasteiger partial charge in [-0.2, -0.15) is 0 Å². The van der Waals surface area contributed by atoms with E-state index in [0.29, 0.717) is 0 Å². The number of hydrogen-bond acceptors (Lipinski definition) is 7. The van der Waals surface area contributed by atoms with Crippen molar-refractivity contribution in [3.05, 3.63) is 0 Å². The molecule has 20 heavy (non-hydrogen) atoms. The maximum absolute atomic E-state index is 11.8. The van der Waals surface area contributed by atoms with Gasteiger partial charge in [-0.05, 0) is 0 Å². The molecule has 12 heteroatoms. The molecule has 0 spiro atoms. The fourth-order valence-corrected chi connectivity index (χ4v) is 2.35. The van der Waals surface area contributed by atoms with E-state index < -0.39 is 57.2 Å². The molecule has 6 N–H and O–H groups in total. The van der Waals surface area contributed by atoms with Gasteiger partial charge in [0.05, 0.1) is 6.61 Å². The minimum Gasteiger partial charge on any atom is -0.480 e. The summed E-state index contributed by atoms with van der Waals surface area (Å²) in [7, 11) is -5.25. The quantitative estimate of drug-likeness (QED) is 0.278. The molecule has 1 aliphatic heterocycles. The number of carbonyl (C=O) groups is 2. The van der Waals surface area contributed by atoms with Crippen molar-refractivity contribution < 1.29 is 49.1 Å². The number of aliphatic carboxylic acids is 1. The third-order valence-electron chi connectivity index (χ3n) is 2.64. The number of rotatable bonds is 5. The van der Waals surface area contributed by atoms with E-state index in [2.05, 4.69) is 0 Å². The molecule has 1 amide bonds. The summed E-state index contributed by atoms with van der Waals surface area (Å²) in [6.07, 6.45) is -6.68. The molecule has 1 rings (SSSR count). The first-order valence-electron chi connectivity index (χ1n) is 5.31. The first-order valence-corrected chi connectivity index (χ1v) is 6.87. The van der Waals surface area contributed by atoms with E-state index in [1.165, 1.54) is 0 Å². The van der Waals surface area contributed by atoms with Crippen LogP contribution in [0.15, 0.2) is 0 Å². The van der Waals surface area contributed by atoms with Gasteiger partial charge in [-0.25, -0.2) is 9.24 Å². The van der Waals surface area contributed by atoms with Gasteiger partial charge < -0.3 is 34.9 Å². The maximum atomic E-state index is 11.8. The molecule has 0 aromatic carbocycles. The third-order valence-corrected chi connectivity index (χ3v) is 3.61. The van der Waals surface area contributed by atoms with Crippen molar-refractivity contribution in [3.63, 3.8) is 0 Å². The molecule has 0 aromatic rings. The summed E-state index contributed by atoms with van der Waals surface area (Å²) in [4.78, 5) is 40.2. The summed E-state index contributed by atoms with van der Waals surface area (Å²) in [5, 5.41) is 36.3. The second-order valence-corrected chi connectivity index (χ2v) is 5.57. The van der Waals surface area contributed by atoms with Crippen LogP contribution in [-0.2, 0) is 18.9 Å². The average Bonchev–Trinajstić information content (AvgIpc) is 2.61. The second-order valence-electron chi connectivity index (χ2n) is 4.06. The van der Waals surface area contributed by atoms with Gasteiger partial charge in [-0.1, -0.05) is 0 Å². The van der Waals surface area contributed by atoms with Crippen molar-refractivity contribution >= 4 is 19.6 Å². The summed E-state index contributed by atoms with van der Waals surface area (Å²) >= 11 is 0. The Morgan fingerprint density at radius 1 is 1.20 bits per heavy atom. The van der Waals surface area contributed by atoms with Crippen LogP contribution in [0.5, 0.6) is 0 Å². The number of amides is 1. The van der Waals surface area contributed by atoms with Gasteiger partial charge in [0.25, 0.3) is 5.91 Å². The van der Waals surface area contributed by atoms with Crippen LogP contribution < -0.4 is 0 Å². The Balaban J connectivity index is 2.96. The molecule has 1 heterocycles. The number of nitrogens with zero attached hydrogens (tertiary/aromatic N) is 1. The highest BCUT2D eigenvalue weighted by atomic mass is 31.2. The fraction of sp³-hybridized carbons (Fsp3) is 0.750. The Bertz CT molecular complexity index is 435. The molecule has 0 bridgehead atoms. The summed E-state index contributed by atoms with van der Waals surface area (Å²) in [6, 6.07) is 0. The van der Waals surface area contributed by atoms with Gasteiger partial charge in [0.2, 0.25) is 0 Å². The van der Waals surface area contributed by atoms with Crippen LogP contribution >= 0.6 is 7.75 Å². The van der Waals surface area contributed by atoms with Gasteiger partial charge in [0.15, 0.2) is 6.10 Å². The topological polar surface area (TPSA) is 185 Å². The van der Waals surface area contributed by atoms with Crippen molar-refractivity contribution in [2.45, 2.75) is 24.4 Å². The fourth-order valence-electron chi connectivity index (χ4n) is 1.68. The lowest BCUT2D eigenvalue weighted by atomic mass is 10.1. The number of ether oxygens (including phenoxy) is 1. The molecule has 116 valence electrons. The predicted molar refractivity (Wildman–Crippen MR) is 59.2 cm³/mol. The normalized spacial score (nSPS) is 30.2. The lowest BCUT2D eigenvalue weighted by Crippen LogP contribution is -2.45. The number of carboxylic acid groups (broad SMARTS) is 1. The Labute approximate surface area is 112 Å². The highest BCUT2D eigenvalue weighted by Gasteiger charge is 2.49. The average molecular weight is 315 g/mol. The molecule has 0 aliphatic carbocycles. The Morgan fingerprint density at radius 3 is 2.10 bits per heavy atom. The second kappa shape index (κ2) is 6.14. The van der Waals surface area contributed by atoms with Crippen LogP contribution in [0, 0.1) is 0 Å². The van der Waals surface area contributed by atoms with Crippen LogP contribution in [0.1, 0.15) is 0 Å². The molecule has 1 aliphatic rings. The van der Waals surface area contributed by atoms with Crippen molar-refractivity contribution in [1.82, 2.24) is 4.67 Å². The SMILES string of the molecule is O=C(O)CN(C(=O)C1O[C@H](CO)[C@@H](O)[C@H]1O)P(=O)(O)O. The largest absolute Gasteiger partial charge is 0.480 e. The van der Waals surface area contributed by atoms with Crippen molar-refractivity contribution in [2.24, 2.45) is 0 Å². The van der Waals surface area contributed by atoms with E-state index in [-0.39, 0.29) is 4.67 Å². The van der Waals surface area contributed by atoms with E-state index in [4.69, 9.17) is 24.7 Å². The van der Waals surface area contributed by atoms with E-state index in [0.717, 1.165) is 0 Å². The van der Waals surface area contributed by atoms with Crippen LogP contribution in [0.4, 0.5) is 0 Å². The van der Waals surface area contributed by atoms with Crippen LogP contribution in [0.25, 0.3) is 0 Å². The van der Waals surface area contributed by atoms with E-state index in [9.17, 15) is 24.4 Å². The standard InChI is InChI=1S/C8H14NO10P/c10-2-3-5(13)6(14)7(19-3)8(15)9(1-4(11)12)20(16,17)18/h3,5-7,10,13-14H,1-2H2,(H,11,12)(H2,16,17,18)/t3-,5-,6-,7?/m1/s1. The zero-order valence-electron chi connectivity index (χ0n) is 9.93. The van der Waals surface area contributed by atoms with Gasteiger partial charge in [-0.15, -0.1) is 0 Å². The number of hydrogen-bond donors (Lipinski definition) is 6. The van der Waals surface area contributed by atoms with E-state index >= 15 is 0 Å². The zero-order chi connectivity index (χ0) is 15.7. The summed E-state index contributed by atoms with van der Waals surface area (Å²) in [6.45, 7) is -2.05. The van der Waals surface area contributed by atoms with Crippen molar-refractivity contribution in [3.8, 4) is 0 Å². The first-order chi connectivity index (χ1) is 9.09. The summed E-state index contributed by atoms with van der Waals surface area (Å²) in [5.74, 6) is -3.18. The van der Waals surface area contributed by atoms with Crippen LogP contribution in [0.2, 0.25) is 0 Å². The molecule has 0 aromatic heterocycles. The van der Waals surface area contributed by atoms with Crippen LogP contribution in [0.3, 0.4) is 0 Å². The summed E-state index contributed by atoms with van der Waals surface area (Å²) < 4.78 is 15.6. The minimum absolute atomic E-state index is 0.282. The molecule has 11 nitrogen and oxygen atoms in total. The number of aliphatic hydroxyl groups is 3. The van der Waals surface area contributed by atoms with Gasteiger partial charge >= 0.3 is 13.7 Å². The highest BCUT2D eigenvalue weighted by Crippen LogP contribution is 2.41. The minimum atomic E-state index is -5.25. The van der Waals surface area contributed by atoms with E-state index in [1.807, 2.05) is 0 Å². The first kappa shape index (κ1) is 17.0. The molecular weight excluding hydrogens is 301 g/mol. The van der Waals surface area contributed by atoms with E-state index in [1.54, 1.807) is 0 Å². The summed E-state index contributed by atoms with van der Waals surface area (Å²) in [5.41, 5.74) is 0. The number of aliphatic hydroxyl groups excluding tert-OH is 3. The van der Waals surface area contributed by atoms with Crippen molar-refractivity contribution in [2.75, 3.05) is 13.2 Å². The predicted octanol–water partition coefficient (Wildman–Crippen LogP) is -3.53. The monoisotopic (exact) mass is 315 g/mol. The Morgan fingerprint density at radius 2 is 1.75 bits per heavy atom. The van der Waals surface area contributed by atoms with Gasteiger partial charge in [0.1, 0.15) is 24.9 Å². The lowest BCUT2D eigenvalue weighted by Gasteiger charge is -2.25. The number of carbonyl (C=O) groups excluding carboxylic acids is 1. The molecular formula is C8H14NO10P. The number of carboxylic acids is 1.